The number of aryl methyl sites for hydroxylation is 1. The molecular formula is C14H18N2O2. The van der Waals surface area contributed by atoms with E-state index in [-0.39, 0.29) is 11.9 Å². The summed E-state index contributed by atoms with van der Waals surface area (Å²) in [5.41, 5.74) is 8.55. The van der Waals surface area contributed by atoms with Crippen LogP contribution in [0.25, 0.3) is 11.3 Å². The molecule has 2 rings (SSSR count). The van der Waals surface area contributed by atoms with E-state index in [0.717, 1.165) is 22.6 Å². The molecule has 0 saturated carbocycles. The molecule has 1 heterocycles. The standard InChI is InChI=1S/C14H18N2O2/c1-8(2)12-13(18-14(15)16-12)10-7-9(3)5-6-11(10)17-4/h5-8H,1-4H3,(H2,15,16). The molecule has 2 aromatic rings. The van der Waals surface area contributed by atoms with Gasteiger partial charge in [-0.3, -0.25) is 0 Å². The molecule has 0 aliphatic rings. The number of hydrogen-bond acceptors (Lipinski definition) is 4. The lowest BCUT2D eigenvalue weighted by molar-refractivity contribution is 0.414. The van der Waals surface area contributed by atoms with Crippen LogP contribution in [0.2, 0.25) is 0 Å². The van der Waals surface area contributed by atoms with Gasteiger partial charge in [0, 0.05) is 0 Å². The van der Waals surface area contributed by atoms with E-state index in [9.17, 15) is 0 Å². The molecule has 0 amide bonds. The summed E-state index contributed by atoms with van der Waals surface area (Å²) in [4.78, 5) is 4.25. The Balaban J connectivity index is 2.64. The van der Waals surface area contributed by atoms with Crippen LogP contribution in [-0.2, 0) is 0 Å². The van der Waals surface area contributed by atoms with Crippen molar-refractivity contribution in [1.29, 1.82) is 0 Å². The molecule has 0 radical (unpaired) electrons. The quantitative estimate of drug-likeness (QED) is 0.902. The number of aromatic nitrogens is 1. The second-order valence-corrected chi connectivity index (χ2v) is 4.62. The summed E-state index contributed by atoms with van der Waals surface area (Å²) in [6.07, 6.45) is 0. The largest absolute Gasteiger partial charge is 0.496 e. The Morgan fingerprint density at radius 1 is 1.33 bits per heavy atom. The first-order valence-electron chi connectivity index (χ1n) is 5.94. The lowest BCUT2D eigenvalue weighted by Gasteiger charge is -2.09. The number of oxazole rings is 1. The van der Waals surface area contributed by atoms with Gasteiger partial charge in [-0.1, -0.05) is 25.5 Å². The normalized spacial score (nSPS) is 10.9. The fourth-order valence-electron chi connectivity index (χ4n) is 1.93. The van der Waals surface area contributed by atoms with Crippen molar-refractivity contribution < 1.29 is 9.15 Å². The highest BCUT2D eigenvalue weighted by Crippen LogP contribution is 2.36. The van der Waals surface area contributed by atoms with E-state index in [2.05, 4.69) is 18.8 Å². The van der Waals surface area contributed by atoms with E-state index in [1.807, 2.05) is 25.1 Å². The number of benzene rings is 1. The molecule has 0 aliphatic carbocycles. The number of nitrogens with zero attached hydrogens (tertiary/aromatic N) is 1. The van der Waals surface area contributed by atoms with Crippen molar-refractivity contribution in [2.45, 2.75) is 26.7 Å². The van der Waals surface area contributed by atoms with Gasteiger partial charge < -0.3 is 14.9 Å². The first-order chi connectivity index (χ1) is 8.52. The molecule has 4 heteroatoms. The Bertz CT molecular complexity index is 559. The Kier molecular flexibility index (Phi) is 3.28. The second-order valence-electron chi connectivity index (χ2n) is 4.62. The predicted octanol–water partition coefficient (Wildman–Crippen LogP) is 3.36. The molecule has 0 saturated heterocycles. The Labute approximate surface area is 107 Å². The third-order valence-corrected chi connectivity index (χ3v) is 2.82. The van der Waals surface area contributed by atoms with Gasteiger partial charge in [-0.05, 0) is 25.0 Å². The van der Waals surface area contributed by atoms with Crippen LogP contribution >= 0.6 is 0 Å². The first kappa shape index (κ1) is 12.5. The molecule has 0 spiro atoms. The summed E-state index contributed by atoms with van der Waals surface area (Å²) < 4.78 is 10.9. The van der Waals surface area contributed by atoms with Crippen LogP contribution in [0.3, 0.4) is 0 Å². The minimum absolute atomic E-state index is 0.192. The molecule has 4 nitrogen and oxygen atoms in total. The molecule has 0 fully saturated rings. The van der Waals surface area contributed by atoms with Crippen molar-refractivity contribution in [3.63, 3.8) is 0 Å². The molecule has 0 unspecified atom stereocenters. The minimum Gasteiger partial charge on any atom is -0.496 e. The van der Waals surface area contributed by atoms with Gasteiger partial charge in [-0.15, -0.1) is 0 Å². The van der Waals surface area contributed by atoms with Crippen LogP contribution < -0.4 is 10.5 Å². The molecule has 0 aliphatic heterocycles. The van der Waals surface area contributed by atoms with Gasteiger partial charge in [-0.25, -0.2) is 0 Å². The van der Waals surface area contributed by atoms with Crippen LogP contribution in [0.5, 0.6) is 5.75 Å². The summed E-state index contributed by atoms with van der Waals surface area (Å²) >= 11 is 0. The van der Waals surface area contributed by atoms with Crippen molar-refractivity contribution in [3.05, 3.63) is 29.5 Å². The van der Waals surface area contributed by atoms with E-state index in [0.29, 0.717) is 5.76 Å². The second kappa shape index (κ2) is 4.72. The predicted molar refractivity (Wildman–Crippen MR) is 71.7 cm³/mol. The lowest BCUT2D eigenvalue weighted by atomic mass is 10.0. The molecule has 96 valence electrons. The average molecular weight is 246 g/mol. The van der Waals surface area contributed by atoms with Crippen LogP contribution in [0.1, 0.15) is 31.0 Å². The van der Waals surface area contributed by atoms with Crippen molar-refractivity contribution in [2.75, 3.05) is 12.8 Å². The summed E-state index contributed by atoms with van der Waals surface area (Å²) in [6.45, 7) is 6.14. The topological polar surface area (TPSA) is 61.3 Å². The smallest absolute Gasteiger partial charge is 0.292 e. The van der Waals surface area contributed by atoms with Crippen LogP contribution in [0.15, 0.2) is 22.6 Å². The maximum absolute atomic E-state index is 5.67. The Hall–Kier alpha value is -1.97. The molecule has 18 heavy (non-hydrogen) atoms. The van der Waals surface area contributed by atoms with E-state index >= 15 is 0 Å². The number of ether oxygens (including phenoxy) is 1. The van der Waals surface area contributed by atoms with E-state index in [4.69, 9.17) is 14.9 Å². The highest BCUT2D eigenvalue weighted by atomic mass is 16.5. The molecule has 1 aromatic heterocycles. The fraction of sp³-hybridized carbons (Fsp3) is 0.357. The van der Waals surface area contributed by atoms with Crippen molar-refractivity contribution in [2.24, 2.45) is 0 Å². The van der Waals surface area contributed by atoms with Gasteiger partial charge in [0.25, 0.3) is 6.01 Å². The number of anilines is 1. The monoisotopic (exact) mass is 246 g/mol. The van der Waals surface area contributed by atoms with Gasteiger partial charge in [-0.2, -0.15) is 4.98 Å². The highest BCUT2D eigenvalue weighted by Gasteiger charge is 2.19. The van der Waals surface area contributed by atoms with E-state index < -0.39 is 0 Å². The van der Waals surface area contributed by atoms with Crippen LogP contribution in [0, 0.1) is 6.92 Å². The highest BCUT2D eigenvalue weighted by molar-refractivity contribution is 5.69. The maximum atomic E-state index is 5.67. The molecule has 0 atom stereocenters. The first-order valence-corrected chi connectivity index (χ1v) is 5.94. The van der Waals surface area contributed by atoms with Crippen molar-refractivity contribution in [1.82, 2.24) is 4.98 Å². The molecule has 1 aromatic carbocycles. The van der Waals surface area contributed by atoms with E-state index in [1.165, 1.54) is 0 Å². The van der Waals surface area contributed by atoms with Gasteiger partial charge >= 0.3 is 0 Å². The number of hydrogen-bond donors (Lipinski definition) is 1. The summed E-state index contributed by atoms with van der Waals surface area (Å²) in [5.74, 6) is 1.70. The van der Waals surface area contributed by atoms with Gasteiger partial charge in [0.15, 0.2) is 5.76 Å². The molecule has 2 N–H and O–H groups in total. The van der Waals surface area contributed by atoms with Crippen LogP contribution in [0.4, 0.5) is 6.01 Å². The zero-order valence-corrected chi connectivity index (χ0v) is 11.2. The zero-order chi connectivity index (χ0) is 13.3. The molecule has 0 bridgehead atoms. The van der Waals surface area contributed by atoms with Crippen LogP contribution in [-0.4, -0.2) is 12.1 Å². The van der Waals surface area contributed by atoms with E-state index in [1.54, 1.807) is 7.11 Å². The van der Waals surface area contributed by atoms with Gasteiger partial charge in [0.1, 0.15) is 5.75 Å². The number of nitrogens with two attached hydrogens (primary N) is 1. The summed E-state index contributed by atoms with van der Waals surface area (Å²) in [6, 6.07) is 6.13. The van der Waals surface area contributed by atoms with Gasteiger partial charge in [0.05, 0.1) is 18.4 Å². The number of nitrogen functional groups attached to an aromatic ring is 1. The van der Waals surface area contributed by atoms with Crippen molar-refractivity contribution in [3.8, 4) is 17.1 Å². The third kappa shape index (κ3) is 2.18. The summed E-state index contributed by atoms with van der Waals surface area (Å²) in [5, 5.41) is 0. The van der Waals surface area contributed by atoms with Crippen molar-refractivity contribution >= 4 is 6.01 Å². The number of methoxy groups -OCH3 is 1. The SMILES string of the molecule is COc1ccc(C)cc1-c1oc(N)nc1C(C)C. The zero-order valence-electron chi connectivity index (χ0n) is 11.2. The average Bonchev–Trinajstić information content (AvgIpc) is 2.71. The lowest BCUT2D eigenvalue weighted by Crippen LogP contribution is -1.94. The minimum atomic E-state index is 0.192. The third-order valence-electron chi connectivity index (χ3n) is 2.82. The van der Waals surface area contributed by atoms with Gasteiger partial charge in [0.2, 0.25) is 0 Å². The maximum Gasteiger partial charge on any atom is 0.292 e. The Morgan fingerprint density at radius 3 is 2.67 bits per heavy atom. The summed E-state index contributed by atoms with van der Waals surface area (Å²) in [7, 11) is 1.64. The molecular weight excluding hydrogens is 228 g/mol. The fourth-order valence-corrected chi connectivity index (χ4v) is 1.93. The Morgan fingerprint density at radius 2 is 2.06 bits per heavy atom. The number of rotatable bonds is 3.